The third-order valence-corrected chi connectivity index (χ3v) is 6.88. The van der Waals surface area contributed by atoms with Gasteiger partial charge in [-0.1, -0.05) is 24.3 Å². The Labute approximate surface area is 223 Å². The number of pyridine rings is 1. The fraction of sp³-hybridized carbons (Fsp3) is 0.138. The van der Waals surface area contributed by atoms with Crippen molar-refractivity contribution in [1.29, 1.82) is 0 Å². The lowest BCUT2D eigenvalue weighted by atomic mass is 9.84. The van der Waals surface area contributed by atoms with E-state index in [1.165, 1.54) is 0 Å². The van der Waals surface area contributed by atoms with Gasteiger partial charge in [-0.2, -0.15) is 5.10 Å². The standard InChI is InChI=1S/C29H23N7O3/c1-17-23-24(18-11-12-21(37-2)22(14-18)38-3)25-27-32-26(19-8-7-13-30-15-19)34-35(27)16-31-28(25)39-29(23)36(33-17)20-9-5-4-6-10-20/h4-16,24H,1-3H3/t24-/m0/s1. The molecule has 0 spiro atoms. The van der Waals surface area contributed by atoms with E-state index >= 15 is 0 Å². The number of ether oxygens (including phenoxy) is 3. The van der Waals surface area contributed by atoms with E-state index in [2.05, 4.69) is 9.97 Å². The highest BCUT2D eigenvalue weighted by atomic mass is 16.5. The first-order valence-electron chi connectivity index (χ1n) is 12.4. The Morgan fingerprint density at radius 2 is 1.74 bits per heavy atom. The van der Waals surface area contributed by atoms with Crippen molar-refractivity contribution in [1.82, 2.24) is 34.3 Å². The lowest BCUT2D eigenvalue weighted by Gasteiger charge is -2.26. The van der Waals surface area contributed by atoms with Gasteiger partial charge in [0.2, 0.25) is 11.8 Å². The minimum Gasteiger partial charge on any atom is -0.493 e. The van der Waals surface area contributed by atoms with E-state index in [1.807, 2.05) is 72.3 Å². The molecule has 1 atom stereocenters. The molecular formula is C29H23N7O3. The molecule has 7 rings (SSSR count). The van der Waals surface area contributed by atoms with Gasteiger partial charge in [-0.15, -0.1) is 5.10 Å². The fourth-order valence-corrected chi connectivity index (χ4v) is 5.11. The summed E-state index contributed by atoms with van der Waals surface area (Å²) in [6.45, 7) is 1.98. The van der Waals surface area contributed by atoms with Crippen LogP contribution in [0.5, 0.6) is 23.3 Å². The Morgan fingerprint density at radius 3 is 2.51 bits per heavy atom. The summed E-state index contributed by atoms with van der Waals surface area (Å²) < 4.78 is 21.2. The van der Waals surface area contributed by atoms with Crippen LogP contribution in [0.1, 0.15) is 28.3 Å². The van der Waals surface area contributed by atoms with Crippen molar-refractivity contribution in [2.45, 2.75) is 12.8 Å². The Morgan fingerprint density at radius 1 is 0.897 bits per heavy atom. The van der Waals surface area contributed by atoms with Crippen LogP contribution in [0.25, 0.3) is 22.7 Å². The Hall–Kier alpha value is -5.25. The fourth-order valence-electron chi connectivity index (χ4n) is 5.11. The second kappa shape index (κ2) is 8.95. The molecule has 0 unspecified atom stereocenters. The molecule has 1 aliphatic heterocycles. The molecule has 1 aliphatic rings. The normalized spacial score (nSPS) is 14.0. The highest BCUT2D eigenvalue weighted by Gasteiger charge is 2.38. The maximum Gasteiger partial charge on any atom is 0.230 e. The Balaban J connectivity index is 1.50. The molecule has 0 radical (unpaired) electrons. The molecule has 39 heavy (non-hydrogen) atoms. The summed E-state index contributed by atoms with van der Waals surface area (Å²) in [4.78, 5) is 13.8. The second-order valence-corrected chi connectivity index (χ2v) is 9.11. The van der Waals surface area contributed by atoms with Crippen LogP contribution in [-0.4, -0.2) is 48.6 Å². The summed E-state index contributed by atoms with van der Waals surface area (Å²) >= 11 is 0. The number of fused-ring (bicyclic) bond motifs is 4. The van der Waals surface area contributed by atoms with Gasteiger partial charge in [0.25, 0.3) is 0 Å². The number of methoxy groups -OCH3 is 2. The van der Waals surface area contributed by atoms with E-state index in [9.17, 15) is 0 Å². The van der Waals surface area contributed by atoms with Crippen molar-refractivity contribution in [3.05, 3.63) is 102 Å². The zero-order chi connectivity index (χ0) is 26.5. The molecule has 0 saturated carbocycles. The van der Waals surface area contributed by atoms with Gasteiger partial charge in [0.15, 0.2) is 23.0 Å². The highest BCUT2D eigenvalue weighted by molar-refractivity contribution is 5.69. The molecule has 0 aliphatic carbocycles. The monoisotopic (exact) mass is 517 g/mol. The van der Waals surface area contributed by atoms with Gasteiger partial charge in [-0.25, -0.2) is 19.2 Å². The summed E-state index contributed by atoms with van der Waals surface area (Å²) in [6.07, 6.45) is 5.08. The molecule has 0 bridgehead atoms. The van der Waals surface area contributed by atoms with Crippen molar-refractivity contribution in [3.63, 3.8) is 0 Å². The summed E-state index contributed by atoms with van der Waals surface area (Å²) in [6, 6.07) is 19.6. The van der Waals surface area contributed by atoms with Crippen molar-refractivity contribution >= 4 is 5.65 Å². The maximum absolute atomic E-state index is 6.50. The van der Waals surface area contributed by atoms with Crippen molar-refractivity contribution in [2.24, 2.45) is 0 Å². The minimum atomic E-state index is -0.317. The molecule has 5 heterocycles. The number of aromatic nitrogens is 7. The molecule has 10 heteroatoms. The number of aryl methyl sites for hydroxylation is 1. The van der Waals surface area contributed by atoms with Crippen LogP contribution >= 0.6 is 0 Å². The van der Waals surface area contributed by atoms with Crippen molar-refractivity contribution in [2.75, 3.05) is 14.2 Å². The molecule has 4 aromatic heterocycles. The van der Waals surface area contributed by atoms with Crippen LogP contribution < -0.4 is 14.2 Å². The average molecular weight is 518 g/mol. The van der Waals surface area contributed by atoms with Gasteiger partial charge in [-0.3, -0.25) is 4.98 Å². The number of para-hydroxylation sites is 1. The van der Waals surface area contributed by atoms with Crippen LogP contribution in [0.4, 0.5) is 0 Å². The zero-order valence-corrected chi connectivity index (χ0v) is 21.4. The summed E-state index contributed by atoms with van der Waals surface area (Å²) in [5, 5.41) is 9.58. The van der Waals surface area contributed by atoms with Gasteiger partial charge in [0, 0.05) is 18.0 Å². The minimum absolute atomic E-state index is 0.317. The molecule has 0 amide bonds. The van der Waals surface area contributed by atoms with Crippen molar-refractivity contribution in [3.8, 4) is 40.3 Å². The second-order valence-electron chi connectivity index (χ2n) is 9.11. The lowest BCUT2D eigenvalue weighted by Crippen LogP contribution is -2.16. The molecule has 6 aromatic rings. The summed E-state index contributed by atoms with van der Waals surface area (Å²) in [7, 11) is 3.25. The number of nitrogens with zero attached hydrogens (tertiary/aromatic N) is 7. The Bertz CT molecular complexity index is 1830. The van der Waals surface area contributed by atoms with E-state index in [4.69, 9.17) is 29.4 Å². The predicted octanol–water partition coefficient (Wildman–Crippen LogP) is 4.98. The highest BCUT2D eigenvalue weighted by Crippen LogP contribution is 2.50. The molecule has 2 aromatic carbocycles. The van der Waals surface area contributed by atoms with E-state index in [0.29, 0.717) is 34.7 Å². The molecule has 10 nitrogen and oxygen atoms in total. The molecule has 192 valence electrons. The quantitative estimate of drug-likeness (QED) is 0.315. The van der Waals surface area contributed by atoms with E-state index in [0.717, 1.165) is 33.6 Å². The molecular weight excluding hydrogens is 494 g/mol. The van der Waals surface area contributed by atoms with Gasteiger partial charge in [-0.05, 0) is 48.9 Å². The van der Waals surface area contributed by atoms with Crippen LogP contribution in [-0.2, 0) is 0 Å². The average Bonchev–Trinajstić information content (AvgIpc) is 3.58. The number of hydrogen-bond acceptors (Lipinski definition) is 8. The SMILES string of the molecule is COc1ccc([C@H]2c3c(C)nn(-c4ccccc4)c3Oc3ncn4nc(-c5cccnc5)nc4c32)cc1OC. The van der Waals surface area contributed by atoms with Gasteiger partial charge in [0.1, 0.15) is 6.33 Å². The first-order valence-corrected chi connectivity index (χ1v) is 12.4. The van der Waals surface area contributed by atoms with Gasteiger partial charge >= 0.3 is 0 Å². The van der Waals surface area contributed by atoms with Crippen LogP contribution in [0.2, 0.25) is 0 Å². The maximum atomic E-state index is 6.50. The zero-order valence-electron chi connectivity index (χ0n) is 21.4. The Kier molecular flexibility index (Phi) is 5.25. The predicted molar refractivity (Wildman–Crippen MR) is 143 cm³/mol. The van der Waals surface area contributed by atoms with Crippen LogP contribution in [0, 0.1) is 6.92 Å². The van der Waals surface area contributed by atoms with E-state index in [-0.39, 0.29) is 5.92 Å². The van der Waals surface area contributed by atoms with Crippen LogP contribution in [0.15, 0.2) is 79.4 Å². The third kappa shape index (κ3) is 3.60. The van der Waals surface area contributed by atoms with Gasteiger partial charge < -0.3 is 14.2 Å². The topological polar surface area (TPSA) is 101 Å². The largest absolute Gasteiger partial charge is 0.493 e. The number of rotatable bonds is 5. The van der Waals surface area contributed by atoms with E-state index < -0.39 is 0 Å². The van der Waals surface area contributed by atoms with Gasteiger partial charge in [0.05, 0.1) is 42.6 Å². The summed E-state index contributed by atoms with van der Waals surface area (Å²) in [5.74, 6) is 2.54. The summed E-state index contributed by atoms with van der Waals surface area (Å²) in [5.41, 5.74) is 5.82. The number of hydrogen-bond donors (Lipinski definition) is 0. The van der Waals surface area contributed by atoms with Crippen LogP contribution in [0.3, 0.4) is 0 Å². The third-order valence-electron chi connectivity index (χ3n) is 6.88. The first kappa shape index (κ1) is 22.9. The first-order chi connectivity index (χ1) is 19.2. The van der Waals surface area contributed by atoms with Crippen molar-refractivity contribution < 1.29 is 14.2 Å². The molecule has 0 saturated heterocycles. The van der Waals surface area contributed by atoms with E-state index in [1.54, 1.807) is 37.5 Å². The molecule has 0 fully saturated rings. The lowest BCUT2D eigenvalue weighted by molar-refractivity contribution is 0.354. The number of benzene rings is 2. The smallest absolute Gasteiger partial charge is 0.230 e. The molecule has 0 N–H and O–H groups in total.